The Balaban J connectivity index is 2.30. The number of ketones is 1. The standard InChI is InChI=1S/C13H17N5O/c1-8(2)4-13(19)11-7-18(17-16-11)12-5-10(14)6-15-9(12)3/h5-8H,4,14H2,1-3H3. The van der Waals surface area contributed by atoms with Gasteiger partial charge in [0, 0.05) is 6.42 Å². The van der Waals surface area contributed by atoms with Crippen LogP contribution in [0.2, 0.25) is 0 Å². The van der Waals surface area contributed by atoms with Gasteiger partial charge in [0.25, 0.3) is 0 Å². The second-order valence-electron chi connectivity index (χ2n) is 4.94. The van der Waals surface area contributed by atoms with E-state index in [0.717, 1.165) is 11.4 Å². The minimum atomic E-state index is -0.00392. The number of aryl methyl sites for hydroxylation is 1. The molecule has 0 radical (unpaired) electrons. The summed E-state index contributed by atoms with van der Waals surface area (Å²) in [6, 6.07) is 1.76. The SMILES string of the molecule is Cc1ncc(N)cc1-n1cc(C(=O)CC(C)C)nn1. The molecule has 0 bridgehead atoms. The molecular formula is C13H17N5O. The average molecular weight is 259 g/mol. The number of nitrogens with two attached hydrogens (primary N) is 1. The summed E-state index contributed by atoms with van der Waals surface area (Å²) in [5.74, 6) is 0.296. The second-order valence-corrected chi connectivity index (χ2v) is 4.94. The highest BCUT2D eigenvalue weighted by Gasteiger charge is 2.14. The molecule has 2 N–H and O–H groups in total. The molecule has 19 heavy (non-hydrogen) atoms. The molecule has 0 unspecified atom stereocenters. The lowest BCUT2D eigenvalue weighted by molar-refractivity contribution is 0.0963. The van der Waals surface area contributed by atoms with Crippen molar-refractivity contribution in [2.24, 2.45) is 5.92 Å². The first-order valence-corrected chi connectivity index (χ1v) is 6.15. The van der Waals surface area contributed by atoms with Crippen molar-refractivity contribution in [2.75, 3.05) is 5.73 Å². The maximum atomic E-state index is 11.9. The van der Waals surface area contributed by atoms with Crippen LogP contribution in [0.3, 0.4) is 0 Å². The first-order valence-electron chi connectivity index (χ1n) is 6.15. The Labute approximate surface area is 111 Å². The van der Waals surface area contributed by atoms with Crippen LogP contribution in [0.1, 0.15) is 36.5 Å². The van der Waals surface area contributed by atoms with E-state index >= 15 is 0 Å². The molecule has 2 aromatic heterocycles. The Bertz CT molecular complexity index is 603. The van der Waals surface area contributed by atoms with Gasteiger partial charge in [-0.3, -0.25) is 9.78 Å². The normalized spacial score (nSPS) is 10.9. The topological polar surface area (TPSA) is 86.7 Å². The lowest BCUT2D eigenvalue weighted by Crippen LogP contribution is -2.04. The van der Waals surface area contributed by atoms with Crippen molar-refractivity contribution in [3.63, 3.8) is 0 Å². The monoisotopic (exact) mass is 259 g/mol. The molecule has 0 aliphatic rings. The lowest BCUT2D eigenvalue weighted by atomic mass is 10.1. The Morgan fingerprint density at radius 2 is 2.21 bits per heavy atom. The fourth-order valence-corrected chi connectivity index (χ4v) is 1.75. The first-order chi connectivity index (χ1) is 8.97. The number of aromatic nitrogens is 4. The third-order valence-electron chi connectivity index (χ3n) is 2.70. The van der Waals surface area contributed by atoms with Crippen LogP contribution >= 0.6 is 0 Å². The molecule has 0 saturated heterocycles. The van der Waals surface area contributed by atoms with Gasteiger partial charge in [-0.2, -0.15) is 0 Å². The highest BCUT2D eigenvalue weighted by atomic mass is 16.1. The zero-order valence-electron chi connectivity index (χ0n) is 11.3. The Morgan fingerprint density at radius 1 is 1.47 bits per heavy atom. The summed E-state index contributed by atoms with van der Waals surface area (Å²) in [7, 11) is 0. The number of hydrogen-bond donors (Lipinski definition) is 1. The van der Waals surface area contributed by atoms with E-state index in [1.54, 1.807) is 18.5 Å². The zero-order chi connectivity index (χ0) is 14.0. The molecular weight excluding hydrogens is 242 g/mol. The Hall–Kier alpha value is -2.24. The Kier molecular flexibility index (Phi) is 3.59. The molecule has 0 amide bonds. The number of carbonyl (C=O) groups excluding carboxylic acids is 1. The van der Waals surface area contributed by atoms with Crippen LogP contribution in [0.4, 0.5) is 5.69 Å². The fraction of sp³-hybridized carbons (Fsp3) is 0.385. The number of anilines is 1. The van der Waals surface area contributed by atoms with Crippen molar-refractivity contribution in [1.82, 2.24) is 20.0 Å². The molecule has 0 aromatic carbocycles. The molecule has 2 aromatic rings. The molecule has 0 aliphatic carbocycles. The number of rotatable bonds is 4. The van der Waals surface area contributed by atoms with Crippen LogP contribution in [0.15, 0.2) is 18.5 Å². The van der Waals surface area contributed by atoms with Gasteiger partial charge in [0.05, 0.1) is 29.5 Å². The van der Waals surface area contributed by atoms with E-state index in [1.807, 2.05) is 20.8 Å². The van der Waals surface area contributed by atoms with Crippen molar-refractivity contribution in [2.45, 2.75) is 27.2 Å². The van der Waals surface area contributed by atoms with Crippen LogP contribution < -0.4 is 5.73 Å². The lowest BCUT2D eigenvalue weighted by Gasteiger charge is -2.04. The summed E-state index contributed by atoms with van der Waals surface area (Å²) >= 11 is 0. The molecule has 100 valence electrons. The van der Waals surface area contributed by atoms with Crippen molar-refractivity contribution in [3.05, 3.63) is 29.8 Å². The number of pyridine rings is 1. The summed E-state index contributed by atoms with van der Waals surface area (Å²) in [6.07, 6.45) is 3.67. The van der Waals surface area contributed by atoms with E-state index in [4.69, 9.17) is 5.73 Å². The van der Waals surface area contributed by atoms with Crippen LogP contribution in [0.25, 0.3) is 5.69 Å². The zero-order valence-corrected chi connectivity index (χ0v) is 11.3. The average Bonchev–Trinajstić information content (AvgIpc) is 2.80. The minimum absolute atomic E-state index is 0.00392. The van der Waals surface area contributed by atoms with Gasteiger partial charge in [-0.05, 0) is 18.9 Å². The molecule has 6 nitrogen and oxygen atoms in total. The summed E-state index contributed by atoms with van der Waals surface area (Å²) in [5.41, 5.74) is 8.14. The highest BCUT2D eigenvalue weighted by molar-refractivity contribution is 5.94. The van der Waals surface area contributed by atoms with Crippen molar-refractivity contribution in [1.29, 1.82) is 0 Å². The van der Waals surface area contributed by atoms with E-state index in [0.29, 0.717) is 23.7 Å². The van der Waals surface area contributed by atoms with Crippen LogP contribution in [0, 0.1) is 12.8 Å². The molecule has 0 fully saturated rings. The predicted octanol–water partition coefficient (Wildman–Crippen LogP) is 1.78. The number of nitrogen functional groups attached to an aromatic ring is 1. The molecule has 0 atom stereocenters. The number of nitrogens with zero attached hydrogens (tertiary/aromatic N) is 4. The van der Waals surface area contributed by atoms with E-state index < -0.39 is 0 Å². The maximum Gasteiger partial charge on any atom is 0.184 e. The number of Topliss-reactive ketones (excluding diaryl/α,β-unsaturated/α-hetero) is 1. The quantitative estimate of drug-likeness (QED) is 0.846. The van der Waals surface area contributed by atoms with Gasteiger partial charge in [-0.15, -0.1) is 5.10 Å². The van der Waals surface area contributed by atoms with Gasteiger partial charge in [-0.25, -0.2) is 4.68 Å². The summed E-state index contributed by atoms with van der Waals surface area (Å²) < 4.78 is 1.53. The van der Waals surface area contributed by atoms with Crippen LogP contribution in [-0.4, -0.2) is 25.8 Å². The summed E-state index contributed by atoms with van der Waals surface area (Å²) in [6.45, 7) is 5.84. The van der Waals surface area contributed by atoms with Gasteiger partial charge in [0.15, 0.2) is 5.78 Å². The first kappa shape index (κ1) is 13.2. The largest absolute Gasteiger partial charge is 0.397 e. The van der Waals surface area contributed by atoms with Gasteiger partial charge in [0.1, 0.15) is 5.69 Å². The van der Waals surface area contributed by atoms with E-state index in [2.05, 4.69) is 15.3 Å². The summed E-state index contributed by atoms with van der Waals surface area (Å²) in [5, 5.41) is 7.88. The summed E-state index contributed by atoms with van der Waals surface area (Å²) in [4.78, 5) is 16.1. The van der Waals surface area contributed by atoms with Gasteiger partial charge in [-0.1, -0.05) is 19.1 Å². The second kappa shape index (κ2) is 5.17. The number of hydrogen-bond acceptors (Lipinski definition) is 5. The molecule has 0 aliphatic heterocycles. The van der Waals surface area contributed by atoms with Crippen molar-refractivity contribution >= 4 is 11.5 Å². The molecule has 0 saturated carbocycles. The third-order valence-corrected chi connectivity index (χ3v) is 2.70. The molecule has 6 heteroatoms. The van der Waals surface area contributed by atoms with Crippen LogP contribution in [-0.2, 0) is 0 Å². The maximum absolute atomic E-state index is 11.9. The third kappa shape index (κ3) is 2.96. The van der Waals surface area contributed by atoms with Crippen LogP contribution in [0.5, 0.6) is 0 Å². The van der Waals surface area contributed by atoms with Crippen molar-refractivity contribution < 1.29 is 4.79 Å². The van der Waals surface area contributed by atoms with Crippen molar-refractivity contribution in [3.8, 4) is 5.69 Å². The minimum Gasteiger partial charge on any atom is -0.397 e. The number of carbonyl (C=O) groups is 1. The Morgan fingerprint density at radius 3 is 2.89 bits per heavy atom. The van der Waals surface area contributed by atoms with Gasteiger partial charge in [0.2, 0.25) is 0 Å². The molecule has 2 rings (SSSR count). The fourth-order valence-electron chi connectivity index (χ4n) is 1.75. The van der Waals surface area contributed by atoms with Gasteiger partial charge < -0.3 is 5.73 Å². The molecule has 0 spiro atoms. The molecule has 2 heterocycles. The highest BCUT2D eigenvalue weighted by Crippen LogP contribution is 2.15. The van der Waals surface area contributed by atoms with E-state index in [-0.39, 0.29) is 5.78 Å². The smallest absolute Gasteiger partial charge is 0.184 e. The predicted molar refractivity (Wildman–Crippen MR) is 72.1 cm³/mol. The van der Waals surface area contributed by atoms with E-state index in [1.165, 1.54) is 4.68 Å². The van der Waals surface area contributed by atoms with Gasteiger partial charge >= 0.3 is 0 Å². The van der Waals surface area contributed by atoms with E-state index in [9.17, 15) is 4.79 Å².